The van der Waals surface area contributed by atoms with Gasteiger partial charge in [0.25, 0.3) is 0 Å². The van der Waals surface area contributed by atoms with Gasteiger partial charge in [-0.15, -0.1) is 0 Å². The van der Waals surface area contributed by atoms with Crippen LogP contribution in [0.1, 0.15) is 0 Å². The zero-order chi connectivity index (χ0) is 29.5. The predicted molar refractivity (Wildman–Crippen MR) is 190 cm³/mol. The summed E-state index contributed by atoms with van der Waals surface area (Å²) in [6.45, 7) is 0.0900. The lowest BCUT2D eigenvalue weighted by Crippen LogP contribution is -2.63. The van der Waals surface area contributed by atoms with Crippen LogP contribution in [0.3, 0.4) is 0 Å². The fourth-order valence-corrected chi connectivity index (χ4v) is 7.88. The molecule has 3 aliphatic rings. The Hall–Kier alpha value is -5.80. The van der Waals surface area contributed by atoms with E-state index >= 15 is 0 Å². The van der Waals surface area contributed by atoms with Gasteiger partial charge in [-0.05, 0) is 86.8 Å². The number of anilines is 5. The van der Waals surface area contributed by atoms with E-state index in [1.165, 1.54) is 83.9 Å². The minimum absolute atomic E-state index is 0.0900. The highest BCUT2D eigenvalue weighted by Gasteiger charge is 2.48. The molecule has 45 heavy (non-hydrogen) atoms. The second-order valence-corrected chi connectivity index (χ2v) is 12.1. The molecule has 3 heterocycles. The first-order valence-electron chi connectivity index (χ1n) is 15.6. The van der Waals surface area contributed by atoms with Gasteiger partial charge in [-0.25, -0.2) is 0 Å². The molecule has 0 N–H and O–H groups in total. The highest BCUT2D eigenvalue weighted by molar-refractivity contribution is 6.95. The maximum absolute atomic E-state index is 2.60. The second kappa shape index (κ2) is 9.35. The molecule has 208 valence electrons. The van der Waals surface area contributed by atoms with Crippen LogP contribution in [0.4, 0.5) is 28.4 Å². The van der Waals surface area contributed by atoms with Crippen molar-refractivity contribution in [1.29, 1.82) is 0 Å². The smallest absolute Gasteiger partial charge is 0.333 e. The Balaban J connectivity index is 1.25. The molecule has 2 nitrogen and oxygen atoms in total. The maximum atomic E-state index is 2.60. The van der Waals surface area contributed by atoms with Gasteiger partial charge in [0.15, 0.2) is 0 Å². The molecule has 0 aliphatic carbocycles. The van der Waals surface area contributed by atoms with Crippen LogP contribution in [0, 0.1) is 0 Å². The number of hydrogen-bond acceptors (Lipinski definition) is 2. The van der Waals surface area contributed by atoms with Gasteiger partial charge < -0.3 is 9.71 Å². The summed E-state index contributed by atoms with van der Waals surface area (Å²) in [6, 6.07) is 60.1. The van der Waals surface area contributed by atoms with E-state index in [0.29, 0.717) is 0 Å². The van der Waals surface area contributed by atoms with Crippen molar-refractivity contribution < 1.29 is 0 Å². The molecule has 10 rings (SSSR count). The van der Waals surface area contributed by atoms with Crippen molar-refractivity contribution in [3.63, 3.8) is 0 Å². The second-order valence-electron chi connectivity index (χ2n) is 12.1. The van der Waals surface area contributed by atoms with Crippen molar-refractivity contribution in [1.82, 2.24) is 0 Å². The molecular weight excluding hydrogens is 543 g/mol. The van der Waals surface area contributed by atoms with Crippen LogP contribution in [0.5, 0.6) is 0 Å². The summed E-state index contributed by atoms with van der Waals surface area (Å²) in [5, 5.41) is 0. The molecule has 0 saturated carbocycles. The zero-order valence-corrected chi connectivity index (χ0v) is 24.6. The summed E-state index contributed by atoms with van der Waals surface area (Å²) in [5.74, 6) is 0. The predicted octanol–water partition coefficient (Wildman–Crippen LogP) is 9.71. The molecule has 0 spiro atoms. The standard InChI is InChI=1S/C42H27BN2/c1-3-11-28(12-4-1)30-21-24-32(25-22-30)44-39-19-9-16-34-33-15-7-8-18-37(33)45-38-26-23-31(29-13-5-2-6-14-29)27-36(38)35-17-10-20-40(44)42(35)43(45)41(34)39/h1-27H. The van der Waals surface area contributed by atoms with Crippen LogP contribution >= 0.6 is 0 Å². The van der Waals surface area contributed by atoms with E-state index in [1.807, 2.05) is 0 Å². The summed E-state index contributed by atoms with van der Waals surface area (Å²) in [5.41, 5.74) is 19.1. The maximum Gasteiger partial charge on any atom is 0.333 e. The fraction of sp³-hybridized carbons (Fsp3) is 0. The molecule has 0 aromatic heterocycles. The van der Waals surface area contributed by atoms with Gasteiger partial charge in [0.2, 0.25) is 0 Å². The first-order valence-corrected chi connectivity index (χ1v) is 15.6. The summed E-state index contributed by atoms with van der Waals surface area (Å²) in [7, 11) is 0. The molecule has 0 radical (unpaired) electrons. The van der Waals surface area contributed by atoms with Crippen LogP contribution in [0.15, 0.2) is 164 Å². The van der Waals surface area contributed by atoms with E-state index in [2.05, 4.69) is 174 Å². The largest absolute Gasteiger partial charge is 0.376 e. The number of benzene rings is 7. The Morgan fingerprint density at radius 3 is 1.51 bits per heavy atom. The van der Waals surface area contributed by atoms with E-state index < -0.39 is 0 Å². The lowest BCUT2D eigenvalue weighted by molar-refractivity contribution is 1.26. The first-order chi connectivity index (χ1) is 22.3. The van der Waals surface area contributed by atoms with E-state index in [0.717, 1.165) is 0 Å². The Morgan fingerprint density at radius 1 is 0.333 bits per heavy atom. The minimum Gasteiger partial charge on any atom is -0.376 e. The van der Waals surface area contributed by atoms with Crippen LogP contribution in [-0.4, -0.2) is 6.85 Å². The van der Waals surface area contributed by atoms with E-state index in [1.54, 1.807) is 0 Å². The topological polar surface area (TPSA) is 6.48 Å². The molecule has 0 bridgehead atoms. The van der Waals surface area contributed by atoms with Crippen LogP contribution in [0.2, 0.25) is 0 Å². The van der Waals surface area contributed by atoms with E-state index in [-0.39, 0.29) is 6.85 Å². The Morgan fingerprint density at radius 2 is 0.822 bits per heavy atom. The number of para-hydroxylation sites is 1. The summed E-state index contributed by atoms with van der Waals surface area (Å²) < 4.78 is 0. The molecule has 0 saturated heterocycles. The number of rotatable bonds is 3. The minimum atomic E-state index is 0.0900. The number of fused-ring (bicyclic) bond motifs is 6. The Bertz CT molecular complexity index is 2280. The third-order valence-electron chi connectivity index (χ3n) is 9.79. The Kier molecular flexibility index (Phi) is 5.12. The van der Waals surface area contributed by atoms with Gasteiger partial charge >= 0.3 is 6.85 Å². The molecule has 0 atom stereocenters. The van der Waals surface area contributed by atoms with Crippen molar-refractivity contribution in [2.45, 2.75) is 0 Å². The highest BCUT2D eigenvalue weighted by Crippen LogP contribution is 2.51. The molecule has 3 aliphatic heterocycles. The fourth-order valence-electron chi connectivity index (χ4n) is 7.88. The quantitative estimate of drug-likeness (QED) is 0.195. The molecule has 7 aromatic carbocycles. The molecule has 0 fully saturated rings. The zero-order valence-electron chi connectivity index (χ0n) is 24.6. The van der Waals surface area contributed by atoms with E-state index in [4.69, 9.17) is 0 Å². The monoisotopic (exact) mass is 570 g/mol. The van der Waals surface area contributed by atoms with Gasteiger partial charge in [-0.1, -0.05) is 121 Å². The number of nitrogens with zero attached hydrogens (tertiary/aromatic N) is 2. The highest BCUT2D eigenvalue weighted by atomic mass is 15.2. The van der Waals surface area contributed by atoms with Gasteiger partial charge in [-0.3, -0.25) is 0 Å². The molecular formula is C42H27BN2. The first kappa shape index (κ1) is 24.6. The average Bonchev–Trinajstić information content (AvgIpc) is 3.12. The van der Waals surface area contributed by atoms with Crippen molar-refractivity contribution in [2.75, 3.05) is 9.71 Å². The number of hydrogen-bond donors (Lipinski definition) is 0. The lowest BCUT2D eigenvalue weighted by atomic mass is 9.41. The molecule has 3 heteroatoms. The van der Waals surface area contributed by atoms with Gasteiger partial charge in [-0.2, -0.15) is 0 Å². The van der Waals surface area contributed by atoms with Crippen molar-refractivity contribution >= 4 is 46.2 Å². The van der Waals surface area contributed by atoms with Crippen LogP contribution < -0.4 is 20.6 Å². The van der Waals surface area contributed by atoms with Gasteiger partial charge in [0, 0.05) is 39.6 Å². The normalized spacial score (nSPS) is 13.2. The summed E-state index contributed by atoms with van der Waals surface area (Å²) in [4.78, 5) is 5.09. The van der Waals surface area contributed by atoms with Crippen molar-refractivity contribution in [3.05, 3.63) is 164 Å². The van der Waals surface area contributed by atoms with Crippen molar-refractivity contribution in [3.8, 4) is 44.5 Å². The van der Waals surface area contributed by atoms with Crippen LogP contribution in [-0.2, 0) is 0 Å². The van der Waals surface area contributed by atoms with Gasteiger partial charge in [0.1, 0.15) is 0 Å². The summed E-state index contributed by atoms with van der Waals surface area (Å²) >= 11 is 0. The molecule has 0 amide bonds. The lowest BCUT2D eigenvalue weighted by Gasteiger charge is -2.49. The van der Waals surface area contributed by atoms with E-state index in [9.17, 15) is 0 Å². The molecule has 0 unspecified atom stereocenters. The summed E-state index contributed by atoms with van der Waals surface area (Å²) in [6.07, 6.45) is 0. The van der Waals surface area contributed by atoms with Crippen molar-refractivity contribution in [2.24, 2.45) is 0 Å². The Labute approximate surface area is 263 Å². The average molecular weight is 571 g/mol. The third-order valence-corrected chi connectivity index (χ3v) is 9.79. The third kappa shape index (κ3) is 3.47. The molecule has 7 aromatic rings. The van der Waals surface area contributed by atoms with Gasteiger partial charge in [0.05, 0.1) is 0 Å². The van der Waals surface area contributed by atoms with Crippen LogP contribution in [0.25, 0.3) is 44.5 Å². The SMILES string of the molecule is c1ccc(-c2ccc(N3c4cccc5c4B4c6c(cccc63)-c3cc(-c6ccccc6)ccc3N4c3ccccc3-5)cc2)cc1.